The van der Waals surface area contributed by atoms with Crippen LogP contribution >= 0.6 is 0 Å². The number of amides is 1. The number of carbonyl (C=O) groups excluding carboxylic acids is 1. The van der Waals surface area contributed by atoms with Gasteiger partial charge in [0.1, 0.15) is 5.75 Å². The molecule has 0 radical (unpaired) electrons. The van der Waals surface area contributed by atoms with E-state index in [0.717, 1.165) is 12.1 Å². The fraction of sp³-hybridized carbons (Fsp3) is 0.429. The van der Waals surface area contributed by atoms with Gasteiger partial charge in [-0.25, -0.2) is 8.42 Å². The van der Waals surface area contributed by atoms with Gasteiger partial charge in [-0.05, 0) is 25.5 Å². The lowest BCUT2D eigenvalue weighted by atomic mass is 10.1. The van der Waals surface area contributed by atoms with Crippen molar-refractivity contribution in [1.82, 2.24) is 15.5 Å². The summed E-state index contributed by atoms with van der Waals surface area (Å²) in [6.07, 6.45) is -4.51. The van der Waals surface area contributed by atoms with E-state index in [1.165, 1.54) is 13.0 Å². The van der Waals surface area contributed by atoms with Gasteiger partial charge in [0.05, 0.1) is 16.5 Å². The van der Waals surface area contributed by atoms with Crippen molar-refractivity contribution in [3.05, 3.63) is 23.9 Å². The first-order valence-electron chi connectivity index (χ1n) is 7.33. The van der Waals surface area contributed by atoms with E-state index in [9.17, 15) is 26.4 Å². The molecule has 7 nitrogen and oxygen atoms in total. The average Bonchev–Trinajstić information content (AvgIpc) is 3.01. The average molecular weight is 377 g/mol. The van der Waals surface area contributed by atoms with Crippen molar-refractivity contribution in [3.8, 4) is 5.75 Å². The molecule has 0 spiro atoms. The van der Waals surface area contributed by atoms with Crippen molar-refractivity contribution in [2.75, 3.05) is 5.75 Å². The van der Waals surface area contributed by atoms with E-state index < -0.39 is 39.1 Å². The maximum atomic E-state index is 12.3. The van der Waals surface area contributed by atoms with Crippen LogP contribution in [-0.2, 0) is 9.84 Å². The van der Waals surface area contributed by atoms with E-state index in [2.05, 4.69) is 20.3 Å². The lowest BCUT2D eigenvalue weighted by molar-refractivity contribution is -0.274. The van der Waals surface area contributed by atoms with Crippen LogP contribution in [-0.4, -0.2) is 47.9 Å². The molecule has 136 valence electrons. The fourth-order valence-electron chi connectivity index (χ4n) is 2.76. The topological polar surface area (TPSA) is 101 Å². The van der Waals surface area contributed by atoms with Crippen LogP contribution in [0.4, 0.5) is 13.2 Å². The number of aromatic amines is 1. The molecule has 2 N–H and O–H groups in total. The second-order valence-corrected chi connectivity index (χ2v) is 8.25. The summed E-state index contributed by atoms with van der Waals surface area (Å²) in [4.78, 5) is 12.3. The fourth-order valence-corrected chi connectivity index (χ4v) is 4.42. The van der Waals surface area contributed by atoms with Gasteiger partial charge in [-0.3, -0.25) is 9.89 Å². The summed E-state index contributed by atoms with van der Waals surface area (Å²) in [5.41, 5.74) is 0.170. The Morgan fingerprint density at radius 1 is 1.40 bits per heavy atom. The van der Waals surface area contributed by atoms with Gasteiger partial charge in [0, 0.05) is 17.5 Å². The first-order chi connectivity index (χ1) is 11.6. The number of H-pyrrole nitrogens is 1. The van der Waals surface area contributed by atoms with E-state index >= 15 is 0 Å². The number of fused-ring (bicyclic) bond motifs is 1. The van der Waals surface area contributed by atoms with Crippen LogP contribution in [0.5, 0.6) is 5.75 Å². The first-order valence-corrected chi connectivity index (χ1v) is 9.05. The zero-order valence-electron chi connectivity index (χ0n) is 12.9. The van der Waals surface area contributed by atoms with Gasteiger partial charge in [-0.2, -0.15) is 5.10 Å². The molecule has 25 heavy (non-hydrogen) atoms. The van der Waals surface area contributed by atoms with Crippen LogP contribution in [0.3, 0.4) is 0 Å². The molecule has 1 saturated heterocycles. The van der Waals surface area contributed by atoms with Gasteiger partial charge in [-0.1, -0.05) is 0 Å². The minimum absolute atomic E-state index is 0.00142. The predicted octanol–water partition coefficient (Wildman–Crippen LogP) is 1.77. The summed E-state index contributed by atoms with van der Waals surface area (Å²) in [6, 6.07) is 2.90. The van der Waals surface area contributed by atoms with Crippen molar-refractivity contribution < 1.29 is 31.1 Å². The number of nitrogens with zero attached hydrogens (tertiary/aromatic N) is 1. The molecular weight excluding hydrogens is 363 g/mol. The number of rotatable bonds is 3. The highest BCUT2D eigenvalue weighted by atomic mass is 32.2. The molecule has 0 aliphatic carbocycles. The first kappa shape index (κ1) is 17.5. The standard InChI is InChI=1S/C14H14F3N3O4S/c1-7-10(4-5-25(7,22)23)18-13(21)12-9-3-2-8(24-14(15,16)17)6-11(9)19-20-12/h2-3,6-7,10H,4-5H2,1H3,(H,18,21)(H,19,20)/t7-,10-/m1/s1. The third kappa shape index (κ3) is 3.55. The Hall–Kier alpha value is -2.30. The second-order valence-electron chi connectivity index (χ2n) is 5.77. The van der Waals surface area contributed by atoms with Gasteiger partial charge in [-0.15, -0.1) is 13.2 Å². The van der Waals surface area contributed by atoms with E-state index in [0.29, 0.717) is 11.8 Å². The SMILES string of the molecule is C[C@@H]1[C@H](NC(=O)c2n[nH]c3cc(OC(F)(F)F)ccc23)CCS1(=O)=O. The third-order valence-electron chi connectivity index (χ3n) is 4.15. The molecule has 2 heterocycles. The quantitative estimate of drug-likeness (QED) is 0.849. The number of sulfone groups is 1. The van der Waals surface area contributed by atoms with Crippen molar-refractivity contribution >= 4 is 26.6 Å². The number of hydrogen-bond acceptors (Lipinski definition) is 5. The van der Waals surface area contributed by atoms with Gasteiger partial charge in [0.15, 0.2) is 15.5 Å². The Bertz CT molecular complexity index is 923. The predicted molar refractivity (Wildman–Crippen MR) is 81.9 cm³/mol. The van der Waals surface area contributed by atoms with Gasteiger partial charge >= 0.3 is 6.36 Å². The van der Waals surface area contributed by atoms with Crippen LogP contribution in [0.25, 0.3) is 10.9 Å². The van der Waals surface area contributed by atoms with Crippen molar-refractivity contribution in [3.63, 3.8) is 0 Å². The Kier molecular flexibility index (Phi) is 4.13. The molecule has 0 bridgehead atoms. The Balaban J connectivity index is 1.81. The number of ether oxygens (including phenoxy) is 1. The van der Waals surface area contributed by atoms with E-state index in [4.69, 9.17) is 0 Å². The summed E-state index contributed by atoms with van der Waals surface area (Å²) in [5, 5.41) is 8.51. The number of alkyl halides is 3. The lowest BCUT2D eigenvalue weighted by Crippen LogP contribution is -2.40. The number of carbonyl (C=O) groups is 1. The van der Waals surface area contributed by atoms with E-state index in [1.54, 1.807) is 0 Å². The number of benzene rings is 1. The maximum Gasteiger partial charge on any atom is 0.573 e. The van der Waals surface area contributed by atoms with E-state index in [-0.39, 0.29) is 17.0 Å². The minimum atomic E-state index is -4.82. The monoisotopic (exact) mass is 377 g/mol. The van der Waals surface area contributed by atoms with Crippen molar-refractivity contribution in [2.45, 2.75) is 31.0 Å². The maximum absolute atomic E-state index is 12.3. The van der Waals surface area contributed by atoms with Gasteiger partial charge < -0.3 is 10.1 Å². The molecule has 2 aromatic rings. The molecule has 1 amide bonds. The molecule has 1 aromatic carbocycles. The van der Waals surface area contributed by atoms with Crippen molar-refractivity contribution in [1.29, 1.82) is 0 Å². The molecule has 1 fully saturated rings. The van der Waals surface area contributed by atoms with Gasteiger partial charge in [0.25, 0.3) is 5.91 Å². The second kappa shape index (κ2) is 5.90. The van der Waals surface area contributed by atoms with Crippen LogP contribution in [0.15, 0.2) is 18.2 Å². The number of hydrogen-bond donors (Lipinski definition) is 2. The highest BCUT2D eigenvalue weighted by molar-refractivity contribution is 7.92. The highest BCUT2D eigenvalue weighted by Gasteiger charge is 2.38. The van der Waals surface area contributed by atoms with Crippen LogP contribution in [0.2, 0.25) is 0 Å². The Morgan fingerprint density at radius 2 is 2.12 bits per heavy atom. The molecule has 2 atom stereocenters. The lowest BCUT2D eigenvalue weighted by Gasteiger charge is -2.15. The van der Waals surface area contributed by atoms with Crippen LogP contribution < -0.4 is 10.1 Å². The molecule has 1 aliphatic heterocycles. The minimum Gasteiger partial charge on any atom is -0.406 e. The summed E-state index contributed by atoms with van der Waals surface area (Å²) < 4.78 is 64.0. The van der Waals surface area contributed by atoms with Gasteiger partial charge in [0.2, 0.25) is 0 Å². The normalized spacial score (nSPS) is 22.9. The van der Waals surface area contributed by atoms with Crippen LogP contribution in [0, 0.1) is 0 Å². The Morgan fingerprint density at radius 3 is 2.72 bits per heavy atom. The zero-order valence-corrected chi connectivity index (χ0v) is 13.7. The molecule has 1 aromatic heterocycles. The molecular formula is C14H14F3N3O4S. The zero-order chi connectivity index (χ0) is 18.4. The smallest absolute Gasteiger partial charge is 0.406 e. The molecule has 11 heteroatoms. The third-order valence-corrected chi connectivity index (χ3v) is 6.41. The number of halogens is 3. The van der Waals surface area contributed by atoms with E-state index in [1.807, 2.05) is 0 Å². The Labute approximate surface area is 140 Å². The molecule has 0 unspecified atom stereocenters. The molecule has 0 saturated carbocycles. The summed E-state index contributed by atoms with van der Waals surface area (Å²) in [5.74, 6) is -1.03. The molecule has 3 rings (SSSR count). The highest BCUT2D eigenvalue weighted by Crippen LogP contribution is 2.27. The summed E-state index contributed by atoms with van der Waals surface area (Å²) in [6.45, 7) is 1.52. The van der Waals surface area contributed by atoms with Crippen LogP contribution in [0.1, 0.15) is 23.8 Å². The molecule has 1 aliphatic rings. The summed E-state index contributed by atoms with van der Waals surface area (Å²) >= 11 is 0. The largest absolute Gasteiger partial charge is 0.573 e. The van der Waals surface area contributed by atoms with Crippen molar-refractivity contribution in [2.24, 2.45) is 0 Å². The number of aromatic nitrogens is 2. The summed E-state index contributed by atoms with van der Waals surface area (Å²) in [7, 11) is -3.22. The number of nitrogens with one attached hydrogen (secondary N) is 2.